The molecule has 2 rings (SSSR count). The van der Waals surface area contributed by atoms with Gasteiger partial charge in [-0.25, -0.2) is 0 Å². The molecule has 1 aliphatic carbocycles. The molecular formula is C15H22BrNO. The van der Waals surface area contributed by atoms with Crippen molar-refractivity contribution in [1.29, 1.82) is 0 Å². The van der Waals surface area contributed by atoms with Crippen LogP contribution in [0.5, 0.6) is 5.75 Å². The lowest BCUT2D eigenvalue weighted by Gasteiger charge is -2.39. The number of methoxy groups -OCH3 is 1. The molecular weight excluding hydrogens is 290 g/mol. The molecule has 0 heterocycles. The minimum absolute atomic E-state index is 0.0465. The SMILES string of the molecule is COc1ccc(Br)cc1C(N)C1(C)CCCCC1. The molecule has 0 radical (unpaired) electrons. The molecule has 1 unspecified atom stereocenters. The van der Waals surface area contributed by atoms with Gasteiger partial charge in [-0.15, -0.1) is 0 Å². The molecule has 1 saturated carbocycles. The third kappa shape index (κ3) is 2.72. The summed E-state index contributed by atoms with van der Waals surface area (Å²) in [6, 6.07) is 6.14. The Hall–Kier alpha value is -0.540. The van der Waals surface area contributed by atoms with Crippen LogP contribution in [0.3, 0.4) is 0 Å². The predicted octanol–water partition coefficient (Wildman–Crippen LogP) is 4.43. The highest BCUT2D eigenvalue weighted by Gasteiger charge is 2.35. The third-order valence-corrected chi connectivity index (χ3v) is 4.77. The van der Waals surface area contributed by atoms with Crippen molar-refractivity contribution in [1.82, 2.24) is 0 Å². The Bertz CT molecular complexity index is 413. The third-order valence-electron chi connectivity index (χ3n) is 4.27. The van der Waals surface area contributed by atoms with Gasteiger partial charge in [0.25, 0.3) is 0 Å². The van der Waals surface area contributed by atoms with E-state index in [0.29, 0.717) is 0 Å². The van der Waals surface area contributed by atoms with E-state index in [4.69, 9.17) is 10.5 Å². The van der Waals surface area contributed by atoms with Crippen LogP contribution in [0, 0.1) is 5.41 Å². The van der Waals surface area contributed by atoms with E-state index in [1.54, 1.807) is 7.11 Å². The highest BCUT2D eigenvalue weighted by molar-refractivity contribution is 9.10. The first kappa shape index (κ1) is 13.9. The van der Waals surface area contributed by atoms with E-state index in [9.17, 15) is 0 Å². The molecule has 0 aliphatic heterocycles. The Labute approximate surface area is 118 Å². The second kappa shape index (κ2) is 5.62. The summed E-state index contributed by atoms with van der Waals surface area (Å²) in [6.45, 7) is 2.32. The van der Waals surface area contributed by atoms with E-state index in [0.717, 1.165) is 15.8 Å². The van der Waals surface area contributed by atoms with Crippen LogP contribution in [0.1, 0.15) is 50.6 Å². The number of benzene rings is 1. The highest BCUT2D eigenvalue weighted by atomic mass is 79.9. The maximum atomic E-state index is 6.55. The maximum Gasteiger partial charge on any atom is 0.123 e. The second-order valence-electron chi connectivity index (χ2n) is 5.58. The first-order valence-corrected chi connectivity index (χ1v) is 7.45. The van der Waals surface area contributed by atoms with Crippen molar-refractivity contribution < 1.29 is 4.74 Å². The van der Waals surface area contributed by atoms with E-state index in [1.165, 1.54) is 32.1 Å². The van der Waals surface area contributed by atoms with E-state index >= 15 is 0 Å². The quantitative estimate of drug-likeness (QED) is 0.896. The van der Waals surface area contributed by atoms with Gasteiger partial charge in [-0.3, -0.25) is 0 Å². The van der Waals surface area contributed by atoms with Crippen molar-refractivity contribution in [3.63, 3.8) is 0 Å². The number of nitrogens with two attached hydrogens (primary N) is 1. The fourth-order valence-corrected chi connectivity index (χ4v) is 3.37. The van der Waals surface area contributed by atoms with Crippen molar-refractivity contribution in [3.8, 4) is 5.75 Å². The van der Waals surface area contributed by atoms with Gasteiger partial charge < -0.3 is 10.5 Å². The molecule has 1 atom stereocenters. The fourth-order valence-electron chi connectivity index (χ4n) is 2.99. The molecule has 2 nitrogen and oxygen atoms in total. The van der Waals surface area contributed by atoms with E-state index in [2.05, 4.69) is 28.9 Å². The monoisotopic (exact) mass is 311 g/mol. The lowest BCUT2D eigenvalue weighted by molar-refractivity contribution is 0.168. The Balaban J connectivity index is 2.32. The molecule has 100 valence electrons. The standard InChI is InChI=1S/C15H22BrNO/c1-15(8-4-3-5-9-15)14(17)12-10-11(16)6-7-13(12)18-2/h6-7,10,14H,3-5,8-9,17H2,1-2H3. The Kier molecular flexibility index (Phi) is 4.33. The van der Waals surface area contributed by atoms with Gasteiger partial charge in [0.05, 0.1) is 7.11 Å². The molecule has 3 heteroatoms. The predicted molar refractivity (Wildman–Crippen MR) is 78.8 cm³/mol. The van der Waals surface area contributed by atoms with E-state index in [1.807, 2.05) is 12.1 Å². The average molecular weight is 312 g/mol. The molecule has 2 N–H and O–H groups in total. The first-order valence-electron chi connectivity index (χ1n) is 6.66. The normalized spacial score (nSPS) is 20.4. The zero-order chi connectivity index (χ0) is 13.2. The van der Waals surface area contributed by atoms with Gasteiger partial charge in [0, 0.05) is 16.1 Å². The van der Waals surface area contributed by atoms with Crippen LogP contribution in [0.15, 0.2) is 22.7 Å². The highest BCUT2D eigenvalue weighted by Crippen LogP contribution is 2.46. The Morgan fingerprint density at radius 1 is 1.28 bits per heavy atom. The summed E-state index contributed by atoms with van der Waals surface area (Å²) in [5, 5.41) is 0. The summed E-state index contributed by atoms with van der Waals surface area (Å²) in [7, 11) is 1.71. The second-order valence-corrected chi connectivity index (χ2v) is 6.49. The summed E-state index contributed by atoms with van der Waals surface area (Å²) >= 11 is 3.52. The molecule has 0 aromatic heterocycles. The summed E-state index contributed by atoms with van der Waals surface area (Å²) in [5.41, 5.74) is 7.87. The minimum Gasteiger partial charge on any atom is -0.496 e. The van der Waals surface area contributed by atoms with Crippen molar-refractivity contribution in [3.05, 3.63) is 28.2 Å². The van der Waals surface area contributed by atoms with Crippen molar-refractivity contribution in [2.45, 2.75) is 45.1 Å². The van der Waals surface area contributed by atoms with Crippen molar-refractivity contribution in [2.24, 2.45) is 11.1 Å². The van der Waals surface area contributed by atoms with Gasteiger partial charge in [0.2, 0.25) is 0 Å². The summed E-state index contributed by atoms with van der Waals surface area (Å²) in [4.78, 5) is 0. The summed E-state index contributed by atoms with van der Waals surface area (Å²) < 4.78 is 6.52. The maximum absolute atomic E-state index is 6.55. The van der Waals surface area contributed by atoms with Crippen LogP contribution in [0.2, 0.25) is 0 Å². The first-order chi connectivity index (χ1) is 8.57. The molecule has 0 bridgehead atoms. The van der Waals surface area contributed by atoms with Gasteiger partial charge in [0.1, 0.15) is 5.75 Å². The van der Waals surface area contributed by atoms with Crippen LogP contribution in [0.25, 0.3) is 0 Å². The fraction of sp³-hybridized carbons (Fsp3) is 0.600. The lowest BCUT2D eigenvalue weighted by Crippen LogP contribution is -2.34. The molecule has 0 saturated heterocycles. The van der Waals surface area contributed by atoms with Crippen LogP contribution in [-0.2, 0) is 0 Å². The molecule has 0 spiro atoms. The zero-order valence-electron chi connectivity index (χ0n) is 11.2. The number of rotatable bonds is 3. The van der Waals surface area contributed by atoms with Crippen molar-refractivity contribution in [2.75, 3.05) is 7.11 Å². The molecule has 1 aromatic carbocycles. The van der Waals surface area contributed by atoms with Gasteiger partial charge in [-0.1, -0.05) is 42.1 Å². The van der Waals surface area contributed by atoms with Crippen LogP contribution in [-0.4, -0.2) is 7.11 Å². The molecule has 1 aromatic rings. The van der Waals surface area contributed by atoms with Crippen LogP contribution >= 0.6 is 15.9 Å². The lowest BCUT2D eigenvalue weighted by atomic mass is 9.69. The van der Waals surface area contributed by atoms with Gasteiger partial charge >= 0.3 is 0 Å². The molecule has 18 heavy (non-hydrogen) atoms. The van der Waals surface area contributed by atoms with Gasteiger partial charge in [-0.2, -0.15) is 0 Å². The summed E-state index contributed by atoms with van der Waals surface area (Å²) in [6.07, 6.45) is 6.35. The smallest absolute Gasteiger partial charge is 0.123 e. The minimum atomic E-state index is 0.0465. The summed E-state index contributed by atoms with van der Waals surface area (Å²) in [5.74, 6) is 0.900. The zero-order valence-corrected chi connectivity index (χ0v) is 12.8. The van der Waals surface area contributed by atoms with Crippen LogP contribution in [0.4, 0.5) is 0 Å². The Morgan fingerprint density at radius 3 is 2.56 bits per heavy atom. The molecule has 1 fully saturated rings. The Morgan fingerprint density at radius 2 is 1.94 bits per heavy atom. The number of hydrogen-bond donors (Lipinski definition) is 1. The van der Waals surface area contributed by atoms with E-state index in [-0.39, 0.29) is 11.5 Å². The number of ether oxygens (including phenoxy) is 1. The largest absolute Gasteiger partial charge is 0.496 e. The molecule has 1 aliphatic rings. The topological polar surface area (TPSA) is 35.2 Å². The van der Waals surface area contributed by atoms with Gasteiger partial charge in [0.15, 0.2) is 0 Å². The number of hydrogen-bond acceptors (Lipinski definition) is 2. The average Bonchev–Trinajstić information content (AvgIpc) is 2.38. The number of halogens is 1. The van der Waals surface area contributed by atoms with Crippen molar-refractivity contribution >= 4 is 15.9 Å². The van der Waals surface area contributed by atoms with Gasteiger partial charge in [-0.05, 0) is 36.5 Å². The van der Waals surface area contributed by atoms with E-state index < -0.39 is 0 Å². The molecule has 0 amide bonds. The van der Waals surface area contributed by atoms with Crippen LogP contribution < -0.4 is 10.5 Å².